The number of halogens is 1. The molecule has 0 saturated heterocycles. The van der Waals surface area contributed by atoms with Crippen LogP contribution in [0.1, 0.15) is 20.7 Å². The Bertz CT molecular complexity index is 848. The lowest BCUT2D eigenvalue weighted by Gasteiger charge is -2.06. The summed E-state index contributed by atoms with van der Waals surface area (Å²) in [5.41, 5.74) is 0.709. The Labute approximate surface area is 135 Å². The van der Waals surface area contributed by atoms with Gasteiger partial charge < -0.3 is 4.74 Å². The molecule has 0 fully saturated rings. The maximum absolute atomic E-state index is 12.3. The van der Waals surface area contributed by atoms with Crippen molar-refractivity contribution in [2.75, 3.05) is 0 Å². The standard InChI is InChI=1S/C18H11BrO3/c19-14-10-8-13(9-11-14)17(20)22-18(21)16-7-3-5-12-4-1-2-6-15(12)16/h1-11H. The van der Waals surface area contributed by atoms with Gasteiger partial charge in [-0.1, -0.05) is 52.3 Å². The number of fused-ring (bicyclic) bond motifs is 1. The topological polar surface area (TPSA) is 43.4 Å². The Morgan fingerprint density at radius 1 is 0.773 bits per heavy atom. The molecule has 0 saturated carbocycles. The summed E-state index contributed by atoms with van der Waals surface area (Å²) in [5, 5.41) is 1.69. The molecule has 108 valence electrons. The van der Waals surface area contributed by atoms with E-state index in [1.807, 2.05) is 30.3 Å². The Hall–Kier alpha value is -2.46. The summed E-state index contributed by atoms with van der Waals surface area (Å²) in [6, 6.07) is 19.4. The predicted octanol–water partition coefficient (Wildman–Crippen LogP) is 4.60. The maximum atomic E-state index is 12.3. The van der Waals surface area contributed by atoms with Crippen LogP contribution >= 0.6 is 15.9 Å². The van der Waals surface area contributed by atoms with Gasteiger partial charge in [-0.05, 0) is 41.1 Å². The number of hydrogen-bond donors (Lipinski definition) is 0. The van der Waals surface area contributed by atoms with Gasteiger partial charge in [0.05, 0.1) is 11.1 Å². The molecule has 0 aliphatic heterocycles. The highest BCUT2D eigenvalue weighted by atomic mass is 79.9. The number of carbonyl (C=O) groups excluding carboxylic acids is 2. The first-order valence-electron chi connectivity index (χ1n) is 6.65. The van der Waals surface area contributed by atoms with E-state index in [4.69, 9.17) is 4.74 Å². The molecule has 0 aliphatic carbocycles. The quantitative estimate of drug-likeness (QED) is 0.499. The summed E-state index contributed by atoms with van der Waals surface area (Å²) in [6.45, 7) is 0. The predicted molar refractivity (Wildman–Crippen MR) is 87.8 cm³/mol. The van der Waals surface area contributed by atoms with Crippen molar-refractivity contribution in [2.24, 2.45) is 0 Å². The van der Waals surface area contributed by atoms with Crippen LogP contribution in [0.3, 0.4) is 0 Å². The molecule has 0 unspecified atom stereocenters. The van der Waals surface area contributed by atoms with E-state index in [-0.39, 0.29) is 0 Å². The molecule has 0 heterocycles. The number of carbonyl (C=O) groups is 2. The molecule has 0 aromatic heterocycles. The minimum absolute atomic E-state index is 0.330. The first-order chi connectivity index (χ1) is 10.6. The minimum Gasteiger partial charge on any atom is -0.386 e. The van der Waals surface area contributed by atoms with Crippen LogP contribution in [0.15, 0.2) is 71.2 Å². The van der Waals surface area contributed by atoms with E-state index in [0.717, 1.165) is 15.2 Å². The maximum Gasteiger partial charge on any atom is 0.346 e. The zero-order chi connectivity index (χ0) is 15.5. The summed E-state index contributed by atoms with van der Waals surface area (Å²) in [5.74, 6) is -1.31. The van der Waals surface area contributed by atoms with Crippen LogP contribution in [0.4, 0.5) is 0 Å². The van der Waals surface area contributed by atoms with E-state index in [2.05, 4.69) is 15.9 Å². The lowest BCUT2D eigenvalue weighted by atomic mass is 10.0. The molecule has 0 bridgehead atoms. The monoisotopic (exact) mass is 354 g/mol. The van der Waals surface area contributed by atoms with Crippen molar-refractivity contribution in [1.82, 2.24) is 0 Å². The van der Waals surface area contributed by atoms with Gasteiger partial charge in [-0.15, -0.1) is 0 Å². The van der Waals surface area contributed by atoms with Gasteiger partial charge in [0.2, 0.25) is 0 Å². The largest absolute Gasteiger partial charge is 0.386 e. The summed E-state index contributed by atoms with van der Waals surface area (Å²) in [7, 11) is 0. The number of hydrogen-bond acceptors (Lipinski definition) is 3. The second kappa shape index (κ2) is 6.12. The van der Waals surface area contributed by atoms with Gasteiger partial charge in [0, 0.05) is 4.47 Å². The molecular formula is C18H11BrO3. The van der Waals surface area contributed by atoms with E-state index < -0.39 is 11.9 Å². The number of rotatable bonds is 2. The van der Waals surface area contributed by atoms with E-state index in [1.54, 1.807) is 36.4 Å². The van der Waals surface area contributed by atoms with Crippen LogP contribution in [-0.2, 0) is 4.74 Å². The van der Waals surface area contributed by atoms with E-state index in [0.29, 0.717) is 11.1 Å². The van der Waals surface area contributed by atoms with Gasteiger partial charge in [0.1, 0.15) is 0 Å². The SMILES string of the molecule is O=C(OC(=O)c1cccc2ccccc12)c1ccc(Br)cc1. The number of benzene rings is 3. The van der Waals surface area contributed by atoms with Gasteiger partial charge in [0.25, 0.3) is 0 Å². The van der Waals surface area contributed by atoms with Crippen LogP contribution in [0, 0.1) is 0 Å². The Kier molecular flexibility index (Phi) is 4.02. The van der Waals surface area contributed by atoms with Gasteiger partial charge in [-0.2, -0.15) is 0 Å². The highest BCUT2D eigenvalue weighted by molar-refractivity contribution is 9.10. The highest BCUT2D eigenvalue weighted by Gasteiger charge is 2.16. The fourth-order valence-corrected chi connectivity index (χ4v) is 2.45. The molecule has 0 spiro atoms. The molecule has 0 aliphatic rings. The average Bonchev–Trinajstić information content (AvgIpc) is 2.54. The third-order valence-electron chi connectivity index (χ3n) is 3.27. The third kappa shape index (κ3) is 2.92. The molecular weight excluding hydrogens is 344 g/mol. The van der Waals surface area contributed by atoms with Gasteiger partial charge >= 0.3 is 11.9 Å². The molecule has 3 rings (SSSR count). The van der Waals surface area contributed by atoms with Crippen molar-refractivity contribution >= 4 is 38.6 Å². The molecule has 3 aromatic rings. The van der Waals surface area contributed by atoms with Crippen molar-refractivity contribution in [1.29, 1.82) is 0 Å². The van der Waals surface area contributed by atoms with E-state index in [9.17, 15) is 9.59 Å². The molecule has 0 radical (unpaired) electrons. The van der Waals surface area contributed by atoms with E-state index in [1.165, 1.54) is 0 Å². The van der Waals surface area contributed by atoms with Crippen molar-refractivity contribution in [3.63, 3.8) is 0 Å². The average molecular weight is 355 g/mol. The van der Waals surface area contributed by atoms with Gasteiger partial charge in [-0.3, -0.25) is 0 Å². The molecule has 22 heavy (non-hydrogen) atoms. The third-order valence-corrected chi connectivity index (χ3v) is 3.80. The zero-order valence-electron chi connectivity index (χ0n) is 11.5. The molecule has 3 aromatic carbocycles. The van der Waals surface area contributed by atoms with E-state index >= 15 is 0 Å². The Morgan fingerprint density at radius 3 is 2.23 bits per heavy atom. The smallest absolute Gasteiger partial charge is 0.346 e. The first-order valence-corrected chi connectivity index (χ1v) is 7.44. The Morgan fingerprint density at radius 2 is 1.45 bits per heavy atom. The molecule has 0 N–H and O–H groups in total. The van der Waals surface area contributed by atoms with Crippen molar-refractivity contribution in [3.8, 4) is 0 Å². The first kappa shape index (κ1) is 14.5. The lowest BCUT2D eigenvalue weighted by Crippen LogP contribution is -2.13. The van der Waals surface area contributed by atoms with Gasteiger partial charge in [0.15, 0.2) is 0 Å². The molecule has 0 atom stereocenters. The zero-order valence-corrected chi connectivity index (χ0v) is 13.0. The normalized spacial score (nSPS) is 10.4. The second-order valence-corrected chi connectivity index (χ2v) is 5.63. The number of ether oxygens (including phenoxy) is 1. The summed E-state index contributed by atoms with van der Waals surface area (Å²) < 4.78 is 5.83. The van der Waals surface area contributed by atoms with Crippen LogP contribution < -0.4 is 0 Å². The molecule has 3 nitrogen and oxygen atoms in total. The van der Waals surface area contributed by atoms with Crippen LogP contribution in [0.2, 0.25) is 0 Å². The molecule has 4 heteroatoms. The van der Waals surface area contributed by atoms with Crippen LogP contribution in [0.5, 0.6) is 0 Å². The molecule has 0 amide bonds. The van der Waals surface area contributed by atoms with Crippen molar-refractivity contribution < 1.29 is 14.3 Å². The minimum atomic E-state index is -0.662. The fraction of sp³-hybridized carbons (Fsp3) is 0. The summed E-state index contributed by atoms with van der Waals surface area (Å²) in [6.07, 6.45) is 0. The van der Waals surface area contributed by atoms with Crippen molar-refractivity contribution in [2.45, 2.75) is 0 Å². The second-order valence-electron chi connectivity index (χ2n) is 4.71. The summed E-state index contributed by atoms with van der Waals surface area (Å²) >= 11 is 3.29. The summed E-state index contributed by atoms with van der Waals surface area (Å²) in [4.78, 5) is 24.3. The highest BCUT2D eigenvalue weighted by Crippen LogP contribution is 2.20. The Balaban J connectivity index is 1.87. The lowest BCUT2D eigenvalue weighted by molar-refractivity contribution is 0.0399. The van der Waals surface area contributed by atoms with Gasteiger partial charge in [-0.25, -0.2) is 9.59 Å². The number of esters is 2. The fourth-order valence-electron chi connectivity index (χ4n) is 2.19. The van der Waals surface area contributed by atoms with Crippen molar-refractivity contribution in [3.05, 3.63) is 82.3 Å². The van der Waals surface area contributed by atoms with Crippen LogP contribution in [0.25, 0.3) is 10.8 Å². The van der Waals surface area contributed by atoms with Crippen LogP contribution in [-0.4, -0.2) is 11.9 Å².